The van der Waals surface area contributed by atoms with Crippen LogP contribution < -0.4 is 10.5 Å². The summed E-state index contributed by atoms with van der Waals surface area (Å²) in [6, 6.07) is 17.8. The molecule has 0 bridgehead atoms. The van der Waals surface area contributed by atoms with Gasteiger partial charge in [-0.05, 0) is 30.2 Å². The zero-order chi connectivity index (χ0) is 19.2. The fraction of sp³-hybridized carbons (Fsp3) is 0.238. The number of primary amides is 1. The second-order valence-corrected chi connectivity index (χ2v) is 6.41. The molecule has 140 valence electrons. The molecule has 0 spiro atoms. The minimum Gasteiger partial charge on any atom is -0.494 e. The van der Waals surface area contributed by atoms with Gasteiger partial charge in [-0.2, -0.15) is 0 Å². The molecule has 1 aromatic heterocycles. The molecule has 0 fully saturated rings. The van der Waals surface area contributed by atoms with Gasteiger partial charge in [-0.3, -0.25) is 4.79 Å². The van der Waals surface area contributed by atoms with Crippen molar-refractivity contribution in [2.24, 2.45) is 5.73 Å². The number of benzene rings is 2. The lowest BCUT2D eigenvalue weighted by atomic mass is 10.1. The monoisotopic (exact) mass is 365 g/mol. The van der Waals surface area contributed by atoms with Crippen molar-refractivity contribution < 1.29 is 14.6 Å². The number of aromatic nitrogens is 2. The number of hydrogen-bond donors (Lipinski definition) is 2. The number of ether oxygens (including phenoxy) is 1. The number of hydrogen-bond acceptors (Lipinski definition) is 4. The number of aliphatic hydroxyl groups is 1. The molecule has 0 saturated carbocycles. The second kappa shape index (κ2) is 8.51. The summed E-state index contributed by atoms with van der Waals surface area (Å²) in [4.78, 5) is 15.2. The first-order valence-corrected chi connectivity index (χ1v) is 8.84. The van der Waals surface area contributed by atoms with Gasteiger partial charge in [0.05, 0.1) is 25.1 Å². The highest BCUT2D eigenvalue weighted by atomic mass is 16.5. The third-order valence-corrected chi connectivity index (χ3v) is 4.44. The van der Waals surface area contributed by atoms with Crippen LogP contribution in [-0.4, -0.2) is 33.3 Å². The van der Waals surface area contributed by atoms with Crippen LogP contribution in [0.1, 0.15) is 29.9 Å². The summed E-state index contributed by atoms with van der Waals surface area (Å²) < 4.78 is 7.52. The highest BCUT2D eigenvalue weighted by molar-refractivity contribution is 5.90. The molecule has 3 aromatic rings. The van der Waals surface area contributed by atoms with Crippen molar-refractivity contribution in [3.05, 3.63) is 72.8 Å². The van der Waals surface area contributed by atoms with E-state index in [1.165, 1.54) is 6.33 Å². The number of rotatable bonds is 8. The first-order chi connectivity index (χ1) is 13.0. The van der Waals surface area contributed by atoms with Gasteiger partial charge in [0, 0.05) is 12.6 Å². The van der Waals surface area contributed by atoms with Gasteiger partial charge in [-0.15, -0.1) is 0 Å². The van der Waals surface area contributed by atoms with Gasteiger partial charge < -0.3 is 20.1 Å². The molecular formula is C21H23N3O3. The molecule has 0 radical (unpaired) electrons. The van der Waals surface area contributed by atoms with E-state index in [-0.39, 0.29) is 11.7 Å². The molecule has 0 aliphatic rings. The Balaban J connectivity index is 1.59. The Morgan fingerprint density at radius 1 is 1.15 bits per heavy atom. The molecule has 6 heteroatoms. The van der Waals surface area contributed by atoms with Gasteiger partial charge in [-0.25, -0.2) is 4.98 Å². The normalized spacial score (nSPS) is 13.1. The predicted molar refractivity (Wildman–Crippen MR) is 103 cm³/mol. The second-order valence-electron chi connectivity index (χ2n) is 6.41. The third-order valence-electron chi connectivity index (χ3n) is 4.44. The zero-order valence-electron chi connectivity index (χ0n) is 15.2. The van der Waals surface area contributed by atoms with Gasteiger partial charge in [0.2, 0.25) is 0 Å². The van der Waals surface area contributed by atoms with Crippen molar-refractivity contribution in [1.82, 2.24) is 9.55 Å². The lowest BCUT2D eigenvalue weighted by molar-refractivity contribution is 0.0993. The number of amides is 1. The van der Waals surface area contributed by atoms with Crippen LogP contribution in [0.2, 0.25) is 0 Å². The Hall–Kier alpha value is -3.12. The molecule has 1 heterocycles. The average Bonchev–Trinajstić information content (AvgIpc) is 3.16. The molecule has 1 amide bonds. The van der Waals surface area contributed by atoms with Crippen molar-refractivity contribution in [2.45, 2.75) is 25.5 Å². The number of carbonyl (C=O) groups excluding carboxylic acids is 1. The molecule has 3 rings (SSSR count). The van der Waals surface area contributed by atoms with E-state index in [4.69, 9.17) is 10.5 Å². The van der Waals surface area contributed by atoms with E-state index in [0.717, 1.165) is 16.9 Å². The minimum atomic E-state index is -0.621. The van der Waals surface area contributed by atoms with E-state index in [1.807, 2.05) is 42.5 Å². The van der Waals surface area contributed by atoms with Gasteiger partial charge in [-0.1, -0.05) is 42.5 Å². The number of imidazole rings is 1. The van der Waals surface area contributed by atoms with Crippen LogP contribution in [0.25, 0.3) is 11.1 Å². The van der Waals surface area contributed by atoms with Crippen molar-refractivity contribution in [2.75, 3.05) is 6.61 Å². The number of carbonyl (C=O) groups is 1. The van der Waals surface area contributed by atoms with Crippen LogP contribution in [-0.2, 0) is 0 Å². The maximum absolute atomic E-state index is 11.2. The topological polar surface area (TPSA) is 90.4 Å². The molecule has 0 aliphatic heterocycles. The van der Waals surface area contributed by atoms with Crippen LogP contribution in [0.4, 0.5) is 0 Å². The van der Waals surface area contributed by atoms with Crippen molar-refractivity contribution in [3.63, 3.8) is 0 Å². The number of nitrogens with two attached hydrogens (primary N) is 1. The fourth-order valence-corrected chi connectivity index (χ4v) is 2.96. The summed E-state index contributed by atoms with van der Waals surface area (Å²) in [5, 5.41) is 10.1. The first kappa shape index (κ1) is 18.7. The van der Waals surface area contributed by atoms with E-state index in [2.05, 4.69) is 17.1 Å². The molecule has 0 unspecified atom stereocenters. The molecule has 2 aromatic carbocycles. The van der Waals surface area contributed by atoms with Crippen LogP contribution in [0.3, 0.4) is 0 Å². The fourth-order valence-electron chi connectivity index (χ4n) is 2.96. The maximum Gasteiger partial charge on any atom is 0.268 e. The molecule has 6 nitrogen and oxygen atoms in total. The van der Waals surface area contributed by atoms with Crippen LogP contribution in [0.15, 0.2) is 67.1 Å². The van der Waals surface area contributed by atoms with E-state index < -0.39 is 12.0 Å². The van der Waals surface area contributed by atoms with Crippen molar-refractivity contribution in [3.8, 4) is 16.9 Å². The van der Waals surface area contributed by atoms with Crippen LogP contribution in [0, 0.1) is 0 Å². The number of nitrogens with zero attached hydrogens (tertiary/aromatic N) is 2. The van der Waals surface area contributed by atoms with E-state index in [0.29, 0.717) is 13.0 Å². The maximum atomic E-state index is 11.2. The smallest absolute Gasteiger partial charge is 0.268 e. The van der Waals surface area contributed by atoms with Gasteiger partial charge in [0.15, 0.2) is 0 Å². The minimum absolute atomic E-state index is 0.179. The molecule has 0 saturated heterocycles. The quantitative estimate of drug-likeness (QED) is 0.642. The standard InChI is InChI=1S/C21H23N3O3/c1-15(25)20(24-13-19(21(22)26)23-14-24)11-12-27-18-9-7-17(8-10-18)16-5-3-2-4-6-16/h2-10,13-15,20,25H,11-12H2,1H3,(H2,22,26)/t15-,20+/m0/s1. The zero-order valence-corrected chi connectivity index (χ0v) is 15.2. The molecule has 27 heavy (non-hydrogen) atoms. The summed E-state index contributed by atoms with van der Waals surface area (Å²) >= 11 is 0. The lowest BCUT2D eigenvalue weighted by Gasteiger charge is -2.21. The first-order valence-electron chi connectivity index (χ1n) is 8.84. The summed E-state index contributed by atoms with van der Waals surface area (Å²) in [5.41, 5.74) is 7.69. The Morgan fingerprint density at radius 3 is 2.41 bits per heavy atom. The number of aliphatic hydroxyl groups excluding tert-OH is 1. The van der Waals surface area contributed by atoms with Crippen molar-refractivity contribution >= 4 is 5.91 Å². The largest absolute Gasteiger partial charge is 0.494 e. The molecule has 0 aliphatic carbocycles. The summed E-state index contributed by atoms with van der Waals surface area (Å²) in [7, 11) is 0. The molecule has 3 N–H and O–H groups in total. The van der Waals surface area contributed by atoms with E-state index in [9.17, 15) is 9.90 Å². The highest BCUT2D eigenvalue weighted by Crippen LogP contribution is 2.23. The van der Waals surface area contributed by atoms with E-state index >= 15 is 0 Å². The molecule has 2 atom stereocenters. The van der Waals surface area contributed by atoms with E-state index in [1.54, 1.807) is 17.7 Å². The summed E-state index contributed by atoms with van der Waals surface area (Å²) in [5.74, 6) is 0.176. The van der Waals surface area contributed by atoms with Gasteiger partial charge in [0.25, 0.3) is 5.91 Å². The van der Waals surface area contributed by atoms with Crippen LogP contribution in [0.5, 0.6) is 5.75 Å². The average molecular weight is 365 g/mol. The van der Waals surface area contributed by atoms with Gasteiger partial charge in [0.1, 0.15) is 11.4 Å². The molecular weight excluding hydrogens is 342 g/mol. The lowest BCUT2D eigenvalue weighted by Crippen LogP contribution is -2.23. The highest BCUT2D eigenvalue weighted by Gasteiger charge is 2.18. The SMILES string of the molecule is C[C@H](O)[C@@H](CCOc1ccc(-c2ccccc2)cc1)n1cnc(C(N)=O)c1. The summed E-state index contributed by atoms with van der Waals surface area (Å²) in [6.07, 6.45) is 3.00. The third kappa shape index (κ3) is 4.74. The van der Waals surface area contributed by atoms with Gasteiger partial charge >= 0.3 is 0 Å². The predicted octanol–water partition coefficient (Wildman–Crippen LogP) is 3.04. The summed E-state index contributed by atoms with van der Waals surface area (Å²) in [6.45, 7) is 2.12. The Morgan fingerprint density at radius 2 is 1.81 bits per heavy atom. The van der Waals surface area contributed by atoms with Crippen molar-refractivity contribution in [1.29, 1.82) is 0 Å². The Bertz CT molecular complexity index is 873. The Labute approximate surface area is 158 Å². The Kier molecular flexibility index (Phi) is 5.88. The van der Waals surface area contributed by atoms with Crippen LogP contribution >= 0.6 is 0 Å².